The largest absolute Gasteiger partial charge is 0.481 e. The van der Waals surface area contributed by atoms with Gasteiger partial charge in [0.2, 0.25) is 5.88 Å². The molecule has 0 aromatic carbocycles. The fourth-order valence-electron chi connectivity index (χ4n) is 3.45. The monoisotopic (exact) mass is 381 g/mol. The van der Waals surface area contributed by atoms with Gasteiger partial charge < -0.3 is 19.3 Å². The summed E-state index contributed by atoms with van der Waals surface area (Å²) in [5, 5.41) is 0.223. The van der Waals surface area contributed by atoms with Crippen LogP contribution in [0.15, 0.2) is 12.1 Å². The van der Waals surface area contributed by atoms with Crippen LogP contribution in [0.2, 0.25) is 5.15 Å². The molecule has 142 valence electrons. The summed E-state index contributed by atoms with van der Waals surface area (Å²) in [6.07, 6.45) is 1.21. The molecular weight excluding hydrogens is 358 g/mol. The molecule has 0 radical (unpaired) electrons. The maximum atomic E-state index is 12.7. The molecule has 0 N–H and O–H groups in total. The molecule has 3 rings (SSSR count). The summed E-state index contributed by atoms with van der Waals surface area (Å²) in [7, 11) is 1.48. The lowest BCUT2D eigenvalue weighted by atomic mass is 9.91. The van der Waals surface area contributed by atoms with Crippen molar-refractivity contribution in [3.63, 3.8) is 0 Å². The Kier molecular flexibility index (Phi) is 5.27. The highest BCUT2D eigenvalue weighted by Gasteiger charge is 2.38. The number of carbonyl (C=O) groups excluding carboxylic acids is 2. The van der Waals surface area contributed by atoms with E-state index in [1.807, 2.05) is 4.90 Å². The first-order valence-corrected chi connectivity index (χ1v) is 9.11. The minimum Gasteiger partial charge on any atom is -0.481 e. The van der Waals surface area contributed by atoms with Crippen LogP contribution in [0.1, 0.15) is 37.0 Å². The number of hydrogen-bond acceptors (Lipinski definition) is 5. The van der Waals surface area contributed by atoms with Gasteiger partial charge in [-0.3, -0.25) is 4.79 Å². The summed E-state index contributed by atoms with van der Waals surface area (Å²) < 4.78 is 10.4. The van der Waals surface area contributed by atoms with Crippen LogP contribution in [0.4, 0.5) is 4.79 Å². The second-order valence-corrected chi connectivity index (χ2v) is 7.98. The van der Waals surface area contributed by atoms with Gasteiger partial charge in [0.15, 0.2) is 0 Å². The summed E-state index contributed by atoms with van der Waals surface area (Å²) in [4.78, 5) is 32.4. The lowest BCUT2D eigenvalue weighted by Gasteiger charge is -2.44. The number of nitrogens with zero attached hydrogens (tertiary/aromatic N) is 3. The van der Waals surface area contributed by atoms with Crippen LogP contribution in [0.5, 0.6) is 5.88 Å². The normalized spacial score (nSPS) is 20.7. The van der Waals surface area contributed by atoms with Gasteiger partial charge in [-0.2, -0.15) is 0 Å². The molecule has 0 spiro atoms. The number of halogens is 1. The molecule has 26 heavy (non-hydrogen) atoms. The van der Waals surface area contributed by atoms with E-state index < -0.39 is 0 Å². The number of rotatable bonds is 3. The average Bonchev–Trinajstić information content (AvgIpc) is 2.62. The number of likely N-dealkylation sites (tertiary alicyclic amines) is 1. The number of methoxy groups -OCH3 is 1. The number of aromatic nitrogens is 1. The highest BCUT2D eigenvalue weighted by molar-refractivity contribution is 6.29. The van der Waals surface area contributed by atoms with E-state index in [-0.39, 0.29) is 28.6 Å². The van der Waals surface area contributed by atoms with Gasteiger partial charge in [-0.1, -0.05) is 25.4 Å². The Morgan fingerprint density at radius 3 is 2.69 bits per heavy atom. The molecule has 1 aromatic rings. The van der Waals surface area contributed by atoms with Crippen molar-refractivity contribution in [3.8, 4) is 5.88 Å². The quantitative estimate of drug-likeness (QED) is 0.753. The fraction of sp³-hybridized carbons (Fsp3) is 0.611. The highest BCUT2D eigenvalue weighted by Crippen LogP contribution is 2.28. The molecule has 0 saturated carbocycles. The molecule has 0 unspecified atom stereocenters. The van der Waals surface area contributed by atoms with Crippen LogP contribution in [-0.2, 0) is 4.74 Å². The Bertz CT molecular complexity index is 702. The van der Waals surface area contributed by atoms with Crippen molar-refractivity contribution in [2.45, 2.75) is 32.7 Å². The van der Waals surface area contributed by atoms with Gasteiger partial charge in [0, 0.05) is 42.7 Å². The maximum Gasteiger partial charge on any atom is 0.410 e. The minimum atomic E-state index is -0.250. The Hall–Kier alpha value is -2.02. The van der Waals surface area contributed by atoms with E-state index in [0.717, 1.165) is 12.8 Å². The van der Waals surface area contributed by atoms with Crippen LogP contribution in [0.25, 0.3) is 0 Å². The van der Waals surface area contributed by atoms with Crippen molar-refractivity contribution in [3.05, 3.63) is 22.8 Å². The second kappa shape index (κ2) is 7.31. The van der Waals surface area contributed by atoms with Crippen molar-refractivity contribution >= 4 is 23.6 Å². The molecule has 3 heterocycles. The number of ether oxygens (including phenoxy) is 2. The first-order chi connectivity index (χ1) is 12.3. The van der Waals surface area contributed by atoms with Crippen LogP contribution < -0.4 is 4.74 Å². The number of piperidine rings is 1. The molecule has 0 aliphatic carbocycles. The zero-order valence-corrected chi connectivity index (χ0v) is 16.1. The van der Waals surface area contributed by atoms with Crippen LogP contribution in [-0.4, -0.2) is 66.2 Å². The predicted octanol–water partition coefficient (Wildman–Crippen LogP) is 2.83. The van der Waals surface area contributed by atoms with E-state index in [2.05, 4.69) is 18.8 Å². The van der Waals surface area contributed by atoms with Gasteiger partial charge >= 0.3 is 6.09 Å². The standard InChI is InChI=1S/C18H24ClN3O4/c1-18(2)10-22(17(24)26-11-18)13-4-6-21(7-5-13)16(23)12-8-14(19)20-15(9-12)25-3/h8-9,13H,4-7,10-11H2,1-3H3. The third-order valence-corrected chi connectivity index (χ3v) is 5.03. The first kappa shape index (κ1) is 18.8. The number of carbonyl (C=O) groups is 2. The lowest BCUT2D eigenvalue weighted by Crippen LogP contribution is -2.55. The summed E-state index contributed by atoms with van der Waals surface area (Å²) in [6.45, 7) is 6.47. The Balaban J connectivity index is 1.64. The third-order valence-electron chi connectivity index (χ3n) is 4.84. The molecule has 1 aromatic heterocycles. The van der Waals surface area contributed by atoms with Gasteiger partial charge in [-0.25, -0.2) is 9.78 Å². The molecule has 2 amide bonds. The smallest absolute Gasteiger partial charge is 0.410 e. The van der Waals surface area contributed by atoms with E-state index >= 15 is 0 Å². The summed E-state index contributed by atoms with van der Waals surface area (Å²) in [6, 6.07) is 3.23. The van der Waals surface area contributed by atoms with Gasteiger partial charge in [-0.15, -0.1) is 0 Å². The molecule has 2 aliphatic heterocycles. The molecule has 0 bridgehead atoms. The first-order valence-electron chi connectivity index (χ1n) is 8.73. The number of cyclic esters (lactones) is 1. The van der Waals surface area contributed by atoms with Crippen molar-refractivity contribution in [1.82, 2.24) is 14.8 Å². The number of pyridine rings is 1. The zero-order valence-electron chi connectivity index (χ0n) is 15.3. The topological polar surface area (TPSA) is 72.0 Å². The molecule has 8 heteroatoms. The zero-order chi connectivity index (χ0) is 18.9. The fourth-order valence-corrected chi connectivity index (χ4v) is 3.65. The predicted molar refractivity (Wildman–Crippen MR) is 96.6 cm³/mol. The highest BCUT2D eigenvalue weighted by atomic mass is 35.5. The van der Waals surface area contributed by atoms with Crippen LogP contribution in [0.3, 0.4) is 0 Å². The maximum absolute atomic E-state index is 12.7. The van der Waals surface area contributed by atoms with Gasteiger partial charge in [-0.05, 0) is 18.9 Å². The van der Waals surface area contributed by atoms with Gasteiger partial charge in [0.25, 0.3) is 5.91 Å². The number of amides is 2. The summed E-state index contributed by atoms with van der Waals surface area (Å²) in [5.74, 6) is 0.210. The van der Waals surface area contributed by atoms with E-state index in [1.165, 1.54) is 7.11 Å². The molecule has 2 fully saturated rings. The van der Waals surface area contributed by atoms with Gasteiger partial charge in [0.1, 0.15) is 5.15 Å². The van der Waals surface area contributed by atoms with Crippen molar-refractivity contribution < 1.29 is 19.1 Å². The van der Waals surface area contributed by atoms with E-state index in [1.54, 1.807) is 17.0 Å². The average molecular weight is 382 g/mol. The lowest BCUT2D eigenvalue weighted by molar-refractivity contribution is -0.0153. The van der Waals surface area contributed by atoms with Crippen molar-refractivity contribution in [2.24, 2.45) is 5.41 Å². The molecule has 0 atom stereocenters. The molecule has 2 aliphatic rings. The van der Waals surface area contributed by atoms with E-state index in [0.29, 0.717) is 37.7 Å². The third kappa shape index (κ3) is 4.03. The van der Waals surface area contributed by atoms with Crippen molar-refractivity contribution in [1.29, 1.82) is 0 Å². The van der Waals surface area contributed by atoms with Crippen molar-refractivity contribution in [2.75, 3.05) is 33.4 Å². The van der Waals surface area contributed by atoms with Gasteiger partial charge in [0.05, 0.1) is 13.7 Å². The molecular formula is C18H24ClN3O4. The molecule has 2 saturated heterocycles. The number of hydrogen-bond donors (Lipinski definition) is 0. The SMILES string of the molecule is COc1cc(C(=O)N2CCC(N3CC(C)(C)COC3=O)CC2)cc(Cl)n1. The Labute approximate surface area is 158 Å². The summed E-state index contributed by atoms with van der Waals surface area (Å²) >= 11 is 5.96. The Morgan fingerprint density at radius 1 is 1.35 bits per heavy atom. The second-order valence-electron chi connectivity index (χ2n) is 7.59. The van der Waals surface area contributed by atoms with Crippen LogP contribution >= 0.6 is 11.6 Å². The molecule has 7 nitrogen and oxygen atoms in total. The van der Waals surface area contributed by atoms with E-state index in [4.69, 9.17) is 21.1 Å². The summed E-state index contributed by atoms with van der Waals surface area (Å²) in [5.41, 5.74) is 0.407. The minimum absolute atomic E-state index is 0.0504. The van der Waals surface area contributed by atoms with Crippen LogP contribution in [0, 0.1) is 5.41 Å². The van der Waals surface area contributed by atoms with E-state index in [9.17, 15) is 9.59 Å². The Morgan fingerprint density at radius 2 is 2.04 bits per heavy atom.